The summed E-state index contributed by atoms with van der Waals surface area (Å²) in [6, 6.07) is 4.46. The van der Waals surface area contributed by atoms with E-state index >= 15 is 0 Å². The molecule has 1 unspecified atom stereocenters. The van der Waals surface area contributed by atoms with Crippen LogP contribution < -0.4 is 0 Å². The molecule has 0 fully saturated rings. The van der Waals surface area contributed by atoms with Crippen molar-refractivity contribution < 1.29 is 24.0 Å². The number of halogens is 1. The summed E-state index contributed by atoms with van der Waals surface area (Å²) in [6.07, 6.45) is 0.250. The minimum absolute atomic E-state index is 0.0270. The van der Waals surface area contributed by atoms with Crippen molar-refractivity contribution in [2.75, 3.05) is 7.11 Å². The number of ether oxygens (including phenoxy) is 1. The zero-order valence-electron chi connectivity index (χ0n) is 10.1. The third-order valence-electron chi connectivity index (χ3n) is 2.22. The molecule has 0 heterocycles. The summed E-state index contributed by atoms with van der Waals surface area (Å²) in [5.74, 6) is -0.817. The van der Waals surface area contributed by atoms with Crippen LogP contribution in [0, 0.1) is 10.1 Å². The summed E-state index contributed by atoms with van der Waals surface area (Å²) in [5.41, 5.74) is 0.644. The second-order valence-electron chi connectivity index (χ2n) is 3.30. The fraction of sp³-hybridized carbons (Fsp3) is 0.273. The van der Waals surface area contributed by atoms with Gasteiger partial charge in [-0.1, -0.05) is 6.07 Å². The summed E-state index contributed by atoms with van der Waals surface area (Å²) in [4.78, 5) is 37.6. The average molecular weight is 332 g/mol. The van der Waals surface area contributed by atoms with Crippen LogP contribution in [0.1, 0.15) is 18.4 Å². The average Bonchev–Trinajstić information content (AvgIpc) is 2.37. The van der Waals surface area contributed by atoms with Crippen LogP contribution in [0.5, 0.6) is 0 Å². The van der Waals surface area contributed by atoms with E-state index in [4.69, 9.17) is 9.59 Å². The van der Waals surface area contributed by atoms with Gasteiger partial charge in [0.2, 0.25) is 0 Å². The maximum Gasteiger partial charge on any atom is 0.373 e. The van der Waals surface area contributed by atoms with E-state index in [9.17, 15) is 14.9 Å². The number of methoxy groups -OCH3 is 1. The molecule has 7 nitrogen and oxygen atoms in total. The minimum atomic E-state index is -0.489. The molecule has 0 aromatic heterocycles. The molecule has 0 radical (unpaired) electrons. The largest absolute Gasteiger partial charge is 0.469 e. The highest BCUT2D eigenvalue weighted by Crippen LogP contribution is 2.28. The van der Waals surface area contributed by atoms with Gasteiger partial charge in [-0.25, -0.2) is 0 Å². The molecule has 0 aliphatic carbocycles. The molecule has 1 aromatic carbocycles. The fourth-order valence-corrected chi connectivity index (χ4v) is 1.79. The van der Waals surface area contributed by atoms with Gasteiger partial charge in [-0.15, -0.1) is 0 Å². The molecule has 0 amide bonds. The van der Waals surface area contributed by atoms with Gasteiger partial charge in [0.25, 0.3) is 5.69 Å². The van der Waals surface area contributed by atoms with Crippen LogP contribution in [-0.2, 0) is 19.1 Å². The van der Waals surface area contributed by atoms with E-state index in [0.717, 1.165) is 0 Å². The third kappa shape index (κ3) is 4.99. The molecule has 0 aliphatic rings. The van der Waals surface area contributed by atoms with E-state index in [0.29, 0.717) is 10.0 Å². The summed E-state index contributed by atoms with van der Waals surface area (Å²) in [5, 5.41) is 10.6. The zero-order valence-corrected chi connectivity index (χ0v) is 11.7. The summed E-state index contributed by atoms with van der Waals surface area (Å²) >= 11 is 3.09. The number of carbonyl (C=O) groups is 1. The zero-order chi connectivity index (χ0) is 15.0. The van der Waals surface area contributed by atoms with Gasteiger partial charge in [-0.05, 0) is 34.5 Å². The van der Waals surface area contributed by atoms with Crippen LogP contribution >= 0.6 is 15.9 Å². The minimum Gasteiger partial charge on any atom is -0.469 e. The molecular formula is C11H10BrNO6. The first-order valence-corrected chi connectivity index (χ1v) is 5.69. The number of hydrogen-bond acceptors (Lipinski definition) is 6. The Morgan fingerprint density at radius 3 is 2.37 bits per heavy atom. The molecule has 0 saturated heterocycles. The quantitative estimate of drug-likeness (QED) is 0.477. The second kappa shape index (κ2) is 8.12. The van der Waals surface area contributed by atoms with E-state index in [-0.39, 0.29) is 17.8 Å². The molecule has 1 rings (SSSR count). The lowest BCUT2D eigenvalue weighted by atomic mass is 10.0. The number of esters is 1. The standard InChI is InChI=1S/C10H10BrNO4.CO2/c1-6(10(13)16-2)7-3-4-9(12(14)15)8(11)5-7;2-1-3/h3-6H,1-2H3;. The topological polar surface area (TPSA) is 104 Å². The summed E-state index contributed by atoms with van der Waals surface area (Å²) < 4.78 is 4.95. The first kappa shape index (κ1) is 16.9. The Labute approximate surface area is 116 Å². The van der Waals surface area contributed by atoms with Gasteiger partial charge >= 0.3 is 12.1 Å². The maximum atomic E-state index is 11.3. The van der Waals surface area contributed by atoms with E-state index in [1.165, 1.54) is 13.2 Å². The van der Waals surface area contributed by atoms with Crippen LogP contribution in [0.25, 0.3) is 0 Å². The number of nitro benzene ring substituents is 1. The number of nitrogens with zero attached hydrogens (tertiary/aromatic N) is 1. The van der Waals surface area contributed by atoms with Crippen LogP contribution in [-0.4, -0.2) is 24.2 Å². The fourth-order valence-electron chi connectivity index (χ4n) is 1.25. The van der Waals surface area contributed by atoms with Gasteiger partial charge < -0.3 is 4.74 Å². The smallest absolute Gasteiger partial charge is 0.373 e. The van der Waals surface area contributed by atoms with E-state index in [1.54, 1.807) is 19.1 Å². The molecule has 102 valence electrons. The lowest BCUT2D eigenvalue weighted by Gasteiger charge is -2.09. The molecular weight excluding hydrogens is 322 g/mol. The second-order valence-corrected chi connectivity index (χ2v) is 4.15. The van der Waals surface area contributed by atoms with Crippen molar-refractivity contribution in [2.45, 2.75) is 12.8 Å². The first-order chi connectivity index (χ1) is 8.88. The van der Waals surface area contributed by atoms with E-state index in [2.05, 4.69) is 20.7 Å². The highest BCUT2D eigenvalue weighted by atomic mass is 79.9. The Hall–Kier alpha value is -2.05. The van der Waals surface area contributed by atoms with Crippen molar-refractivity contribution >= 4 is 33.7 Å². The molecule has 19 heavy (non-hydrogen) atoms. The Kier molecular flexibility index (Phi) is 7.25. The predicted octanol–water partition coefficient (Wildman–Crippen LogP) is 2.05. The Bertz CT molecular complexity index is 510. The number of rotatable bonds is 3. The van der Waals surface area contributed by atoms with Crippen LogP contribution in [0.15, 0.2) is 22.7 Å². The van der Waals surface area contributed by atoms with Crippen molar-refractivity contribution in [1.29, 1.82) is 0 Å². The molecule has 0 saturated carbocycles. The summed E-state index contributed by atoms with van der Waals surface area (Å²) in [7, 11) is 1.30. The number of hydrogen-bond donors (Lipinski definition) is 0. The Balaban J connectivity index is 0.000000982. The van der Waals surface area contributed by atoms with Crippen molar-refractivity contribution in [3.05, 3.63) is 38.3 Å². The lowest BCUT2D eigenvalue weighted by molar-refractivity contribution is -0.385. The van der Waals surface area contributed by atoms with Gasteiger partial charge in [0.05, 0.1) is 22.4 Å². The van der Waals surface area contributed by atoms with Crippen molar-refractivity contribution in [1.82, 2.24) is 0 Å². The van der Waals surface area contributed by atoms with Gasteiger partial charge in [-0.3, -0.25) is 14.9 Å². The highest BCUT2D eigenvalue weighted by Gasteiger charge is 2.19. The predicted molar refractivity (Wildman–Crippen MR) is 66.2 cm³/mol. The van der Waals surface area contributed by atoms with E-state index < -0.39 is 10.8 Å². The molecule has 1 aromatic rings. The highest BCUT2D eigenvalue weighted by molar-refractivity contribution is 9.10. The van der Waals surface area contributed by atoms with E-state index in [1.807, 2.05) is 0 Å². The normalized spacial score (nSPS) is 10.5. The van der Waals surface area contributed by atoms with Gasteiger partial charge in [0, 0.05) is 6.07 Å². The third-order valence-corrected chi connectivity index (χ3v) is 2.86. The molecule has 0 N–H and O–H groups in total. The molecule has 0 bridgehead atoms. The summed E-state index contributed by atoms with van der Waals surface area (Å²) in [6.45, 7) is 1.68. The van der Waals surface area contributed by atoms with Crippen molar-refractivity contribution in [3.63, 3.8) is 0 Å². The number of nitro groups is 1. The first-order valence-electron chi connectivity index (χ1n) is 4.90. The van der Waals surface area contributed by atoms with Crippen molar-refractivity contribution in [3.8, 4) is 0 Å². The molecule has 0 spiro atoms. The van der Waals surface area contributed by atoms with Gasteiger partial charge in [0.15, 0.2) is 0 Å². The molecule has 0 aliphatic heterocycles. The maximum absolute atomic E-state index is 11.3. The molecule has 8 heteroatoms. The Morgan fingerprint density at radius 1 is 1.47 bits per heavy atom. The van der Waals surface area contributed by atoms with Gasteiger partial charge in [0.1, 0.15) is 0 Å². The number of benzene rings is 1. The Morgan fingerprint density at radius 2 is 2.00 bits per heavy atom. The monoisotopic (exact) mass is 331 g/mol. The van der Waals surface area contributed by atoms with Crippen LogP contribution in [0.4, 0.5) is 5.69 Å². The van der Waals surface area contributed by atoms with Crippen LogP contribution in [0.2, 0.25) is 0 Å². The lowest BCUT2D eigenvalue weighted by Crippen LogP contribution is -2.10. The van der Waals surface area contributed by atoms with Gasteiger partial charge in [-0.2, -0.15) is 9.59 Å². The molecule has 1 atom stereocenters. The van der Waals surface area contributed by atoms with Crippen LogP contribution in [0.3, 0.4) is 0 Å². The van der Waals surface area contributed by atoms with Crippen molar-refractivity contribution in [2.24, 2.45) is 0 Å². The number of carbonyl (C=O) groups excluding carboxylic acids is 3. The SMILES string of the molecule is COC(=O)C(C)c1ccc([N+](=O)[O-])c(Br)c1.O=C=O.